The lowest BCUT2D eigenvalue weighted by molar-refractivity contribution is 0.669. The average molecular weight is 588 g/mol. The third-order valence-corrected chi connectivity index (χ3v) is 9.04. The van der Waals surface area contributed by atoms with E-state index in [2.05, 4.69) is 169 Å². The molecule has 9 aromatic rings. The van der Waals surface area contributed by atoms with E-state index in [4.69, 9.17) is 4.42 Å². The maximum Gasteiger partial charge on any atom is 0.135 e. The number of para-hydroxylation sites is 1. The zero-order chi connectivity index (χ0) is 30.5. The molecule has 1 heterocycles. The summed E-state index contributed by atoms with van der Waals surface area (Å²) < 4.78 is 6.17. The number of hydrogen-bond donors (Lipinski definition) is 0. The normalized spacial score (nSPS) is 11.5. The minimum Gasteiger partial charge on any atom is -0.456 e. The summed E-state index contributed by atoms with van der Waals surface area (Å²) in [6.45, 7) is 0. The van der Waals surface area contributed by atoms with Gasteiger partial charge in [0, 0.05) is 27.8 Å². The van der Waals surface area contributed by atoms with Gasteiger partial charge in [-0.1, -0.05) is 115 Å². The van der Waals surface area contributed by atoms with Crippen LogP contribution in [-0.4, -0.2) is 0 Å². The van der Waals surface area contributed by atoms with Gasteiger partial charge in [0.05, 0.1) is 0 Å². The van der Waals surface area contributed by atoms with Crippen LogP contribution >= 0.6 is 0 Å². The van der Waals surface area contributed by atoms with Gasteiger partial charge in [0.15, 0.2) is 0 Å². The highest BCUT2D eigenvalue weighted by Gasteiger charge is 2.16. The summed E-state index contributed by atoms with van der Waals surface area (Å²) in [5.41, 5.74) is 9.87. The summed E-state index contributed by atoms with van der Waals surface area (Å²) in [6.07, 6.45) is 0. The molecule has 0 saturated carbocycles. The molecular formula is C44H29NO. The third-order valence-electron chi connectivity index (χ3n) is 9.04. The van der Waals surface area contributed by atoms with Crippen LogP contribution in [0.1, 0.15) is 0 Å². The highest BCUT2D eigenvalue weighted by atomic mass is 16.3. The fraction of sp³-hybridized carbons (Fsp3) is 0. The summed E-state index contributed by atoms with van der Waals surface area (Å²) in [5.74, 6) is 0. The molecule has 0 N–H and O–H groups in total. The van der Waals surface area contributed by atoms with Crippen molar-refractivity contribution in [3.8, 4) is 22.3 Å². The summed E-state index contributed by atoms with van der Waals surface area (Å²) in [5, 5.41) is 7.23. The molecule has 0 atom stereocenters. The summed E-state index contributed by atoms with van der Waals surface area (Å²) in [7, 11) is 0. The van der Waals surface area contributed by atoms with E-state index < -0.39 is 0 Å². The highest BCUT2D eigenvalue weighted by Crippen LogP contribution is 2.40. The van der Waals surface area contributed by atoms with Crippen LogP contribution < -0.4 is 4.90 Å². The zero-order valence-electron chi connectivity index (χ0n) is 25.1. The number of hydrogen-bond acceptors (Lipinski definition) is 2. The van der Waals surface area contributed by atoms with Crippen LogP contribution in [0.3, 0.4) is 0 Å². The van der Waals surface area contributed by atoms with Crippen molar-refractivity contribution in [1.82, 2.24) is 0 Å². The topological polar surface area (TPSA) is 16.4 Å². The molecule has 8 aromatic carbocycles. The number of rotatable bonds is 5. The predicted molar refractivity (Wildman–Crippen MR) is 194 cm³/mol. The van der Waals surface area contributed by atoms with Crippen molar-refractivity contribution in [1.29, 1.82) is 0 Å². The Hall–Kier alpha value is -6.12. The molecule has 216 valence electrons. The fourth-order valence-corrected chi connectivity index (χ4v) is 6.64. The van der Waals surface area contributed by atoms with Crippen LogP contribution in [0.5, 0.6) is 0 Å². The van der Waals surface area contributed by atoms with Crippen LogP contribution in [0.25, 0.3) is 65.7 Å². The molecule has 0 aliphatic heterocycles. The van der Waals surface area contributed by atoms with Crippen molar-refractivity contribution in [2.45, 2.75) is 0 Å². The van der Waals surface area contributed by atoms with Crippen LogP contribution in [0.2, 0.25) is 0 Å². The van der Waals surface area contributed by atoms with Gasteiger partial charge in [-0.2, -0.15) is 0 Å². The van der Waals surface area contributed by atoms with Gasteiger partial charge in [-0.3, -0.25) is 0 Å². The highest BCUT2D eigenvalue weighted by molar-refractivity contribution is 6.06. The van der Waals surface area contributed by atoms with Crippen LogP contribution in [-0.2, 0) is 0 Å². The Morgan fingerprint density at radius 1 is 0.304 bits per heavy atom. The van der Waals surface area contributed by atoms with E-state index in [9.17, 15) is 0 Å². The molecule has 0 fully saturated rings. The molecule has 0 unspecified atom stereocenters. The Morgan fingerprint density at radius 3 is 1.35 bits per heavy atom. The molecule has 1 aromatic heterocycles. The molecule has 0 amide bonds. The Kier molecular flexibility index (Phi) is 6.17. The SMILES string of the molecule is c1ccc2cc(-c3ccc(N(c4ccc(-c5ccc6ccccc6c5)cc4)c4ccc5oc6ccccc6c5c4)cc3)ccc2c1. The largest absolute Gasteiger partial charge is 0.456 e. The first-order valence-corrected chi connectivity index (χ1v) is 15.7. The Labute approximate surface area is 267 Å². The van der Waals surface area contributed by atoms with Gasteiger partial charge in [-0.05, 0) is 104 Å². The molecule has 0 saturated heterocycles. The molecule has 0 spiro atoms. The molecule has 2 heteroatoms. The first-order chi connectivity index (χ1) is 22.8. The number of furan rings is 1. The van der Waals surface area contributed by atoms with Crippen LogP contribution in [0.15, 0.2) is 180 Å². The number of anilines is 3. The van der Waals surface area contributed by atoms with Crippen molar-refractivity contribution >= 4 is 60.5 Å². The first kappa shape index (κ1) is 26.3. The smallest absolute Gasteiger partial charge is 0.135 e. The van der Waals surface area contributed by atoms with Crippen molar-refractivity contribution < 1.29 is 4.42 Å². The maximum absolute atomic E-state index is 6.17. The van der Waals surface area contributed by atoms with E-state index >= 15 is 0 Å². The van der Waals surface area contributed by atoms with Gasteiger partial charge in [0.2, 0.25) is 0 Å². The number of fused-ring (bicyclic) bond motifs is 5. The van der Waals surface area contributed by atoms with E-state index in [1.807, 2.05) is 12.1 Å². The second-order valence-electron chi connectivity index (χ2n) is 11.8. The third kappa shape index (κ3) is 4.60. The van der Waals surface area contributed by atoms with Crippen molar-refractivity contribution in [2.75, 3.05) is 4.90 Å². The molecule has 0 aliphatic rings. The Balaban J connectivity index is 1.14. The van der Waals surface area contributed by atoms with Gasteiger partial charge in [0.1, 0.15) is 11.2 Å². The number of nitrogens with zero attached hydrogens (tertiary/aromatic N) is 1. The Bertz CT molecular complexity index is 2400. The van der Waals surface area contributed by atoms with Gasteiger partial charge >= 0.3 is 0 Å². The van der Waals surface area contributed by atoms with Gasteiger partial charge in [-0.25, -0.2) is 0 Å². The second kappa shape index (κ2) is 10.8. The molecule has 46 heavy (non-hydrogen) atoms. The fourth-order valence-electron chi connectivity index (χ4n) is 6.64. The quantitative estimate of drug-likeness (QED) is 0.199. The van der Waals surface area contributed by atoms with Crippen molar-refractivity contribution in [3.63, 3.8) is 0 Å². The van der Waals surface area contributed by atoms with E-state index in [0.29, 0.717) is 0 Å². The molecule has 0 bridgehead atoms. The average Bonchev–Trinajstić information content (AvgIpc) is 3.50. The van der Waals surface area contributed by atoms with Gasteiger partial charge in [-0.15, -0.1) is 0 Å². The lowest BCUT2D eigenvalue weighted by Gasteiger charge is -2.26. The minimum absolute atomic E-state index is 0.892. The monoisotopic (exact) mass is 587 g/mol. The van der Waals surface area contributed by atoms with Gasteiger partial charge < -0.3 is 9.32 Å². The molecule has 2 nitrogen and oxygen atoms in total. The molecule has 0 aliphatic carbocycles. The zero-order valence-corrected chi connectivity index (χ0v) is 25.1. The first-order valence-electron chi connectivity index (χ1n) is 15.7. The standard InChI is InChI=1S/C44H29NO/c1-3-9-34-27-36(15-13-30(34)7-1)32-17-21-38(22-18-32)45(40-25-26-44-42(29-40)41-11-5-6-12-43(41)46-44)39-23-19-33(20-24-39)37-16-14-31-8-2-4-10-35(31)28-37/h1-29H. The Morgan fingerprint density at radius 2 is 0.761 bits per heavy atom. The molecular weight excluding hydrogens is 558 g/mol. The van der Waals surface area contributed by atoms with E-state index in [1.165, 1.54) is 43.8 Å². The molecule has 0 radical (unpaired) electrons. The molecule has 9 rings (SSSR count). The van der Waals surface area contributed by atoms with Crippen LogP contribution in [0, 0.1) is 0 Å². The number of benzene rings is 8. The lowest BCUT2D eigenvalue weighted by atomic mass is 10.00. The summed E-state index contributed by atoms with van der Waals surface area (Å²) in [4.78, 5) is 2.33. The summed E-state index contributed by atoms with van der Waals surface area (Å²) >= 11 is 0. The lowest BCUT2D eigenvalue weighted by Crippen LogP contribution is -2.09. The second-order valence-corrected chi connectivity index (χ2v) is 11.8. The van der Waals surface area contributed by atoms with Crippen LogP contribution in [0.4, 0.5) is 17.1 Å². The van der Waals surface area contributed by atoms with E-state index in [-0.39, 0.29) is 0 Å². The van der Waals surface area contributed by atoms with Crippen molar-refractivity contribution in [3.05, 3.63) is 176 Å². The summed E-state index contributed by atoms with van der Waals surface area (Å²) in [6, 6.07) is 62.9. The van der Waals surface area contributed by atoms with Gasteiger partial charge in [0.25, 0.3) is 0 Å². The minimum atomic E-state index is 0.892. The van der Waals surface area contributed by atoms with Crippen molar-refractivity contribution in [2.24, 2.45) is 0 Å². The van der Waals surface area contributed by atoms with E-state index in [0.717, 1.165) is 39.0 Å². The maximum atomic E-state index is 6.17. The predicted octanol–water partition coefficient (Wildman–Crippen LogP) is 12.7. The van der Waals surface area contributed by atoms with E-state index in [1.54, 1.807) is 0 Å².